The lowest BCUT2D eigenvalue weighted by Gasteiger charge is -2.29. The van der Waals surface area contributed by atoms with E-state index in [4.69, 9.17) is 31.5 Å². The molecule has 3 aromatic rings. The van der Waals surface area contributed by atoms with E-state index in [1.807, 2.05) is 50.2 Å². The van der Waals surface area contributed by atoms with Gasteiger partial charge in [0.05, 0.1) is 13.2 Å². The molecular formula is C32H38ClF2N3O3. The number of hydrogen-bond donors (Lipinski definition) is 1. The number of nitrogens with zero attached hydrogens (tertiary/aromatic N) is 2. The van der Waals surface area contributed by atoms with Gasteiger partial charge in [-0.05, 0) is 74.7 Å². The lowest BCUT2D eigenvalue weighted by Crippen LogP contribution is -2.25. The normalized spacial score (nSPS) is 12.0. The van der Waals surface area contributed by atoms with Gasteiger partial charge in [-0.15, -0.1) is 0 Å². The Morgan fingerprint density at radius 3 is 2.46 bits per heavy atom. The number of halogens is 3. The first-order valence-corrected chi connectivity index (χ1v) is 14.0. The summed E-state index contributed by atoms with van der Waals surface area (Å²) in [5, 5.41) is 0.681. The fourth-order valence-corrected chi connectivity index (χ4v) is 4.31. The van der Waals surface area contributed by atoms with Crippen LogP contribution in [0.5, 0.6) is 11.5 Å². The third kappa shape index (κ3) is 9.97. The summed E-state index contributed by atoms with van der Waals surface area (Å²) in [7, 11) is 1.56. The molecule has 0 fully saturated rings. The summed E-state index contributed by atoms with van der Waals surface area (Å²) in [5.41, 5.74) is 9.19. The van der Waals surface area contributed by atoms with E-state index in [0.29, 0.717) is 36.2 Å². The Labute approximate surface area is 246 Å². The predicted molar refractivity (Wildman–Crippen MR) is 161 cm³/mol. The van der Waals surface area contributed by atoms with Crippen LogP contribution in [-0.2, 0) is 17.9 Å². The molecule has 0 aromatic heterocycles. The van der Waals surface area contributed by atoms with Crippen molar-refractivity contribution in [3.63, 3.8) is 0 Å². The quantitative estimate of drug-likeness (QED) is 0.120. The monoisotopic (exact) mass is 585 g/mol. The molecule has 3 rings (SSSR count). The van der Waals surface area contributed by atoms with Crippen molar-refractivity contribution < 1.29 is 23.0 Å². The number of methoxy groups -OCH3 is 1. The van der Waals surface area contributed by atoms with Gasteiger partial charge in [0.1, 0.15) is 18.2 Å². The maximum absolute atomic E-state index is 14.1. The lowest BCUT2D eigenvalue weighted by atomic mass is 10.1. The van der Waals surface area contributed by atoms with E-state index in [-0.39, 0.29) is 24.3 Å². The van der Waals surface area contributed by atoms with Gasteiger partial charge in [0.25, 0.3) is 6.02 Å². The van der Waals surface area contributed by atoms with Crippen molar-refractivity contribution in [1.29, 1.82) is 0 Å². The molecule has 0 aliphatic carbocycles. The van der Waals surface area contributed by atoms with Crippen molar-refractivity contribution in [2.24, 2.45) is 10.7 Å². The number of ether oxygens (including phenoxy) is 3. The van der Waals surface area contributed by atoms with Crippen molar-refractivity contribution in [1.82, 2.24) is 4.90 Å². The molecule has 0 bridgehead atoms. The van der Waals surface area contributed by atoms with Gasteiger partial charge in [0.2, 0.25) is 0 Å². The molecule has 0 heterocycles. The minimum Gasteiger partial charge on any atom is -0.493 e. The highest BCUT2D eigenvalue weighted by Gasteiger charge is 2.16. The van der Waals surface area contributed by atoms with Crippen LogP contribution in [0.3, 0.4) is 0 Å². The summed E-state index contributed by atoms with van der Waals surface area (Å²) in [5.74, 6) is -0.337. The van der Waals surface area contributed by atoms with Crippen LogP contribution in [0.2, 0.25) is 5.02 Å². The second kappa shape index (κ2) is 15.9. The highest BCUT2D eigenvalue weighted by atomic mass is 35.5. The average Bonchev–Trinajstić information content (AvgIpc) is 2.93. The number of aliphatic imine (C=N–C) groups is 1. The van der Waals surface area contributed by atoms with Crippen LogP contribution in [0, 0.1) is 11.6 Å². The summed E-state index contributed by atoms with van der Waals surface area (Å²) in [6.07, 6.45) is 3.69. The molecule has 9 heteroatoms. The first-order valence-electron chi connectivity index (χ1n) is 13.6. The molecule has 0 amide bonds. The van der Waals surface area contributed by atoms with Crippen molar-refractivity contribution in [3.8, 4) is 11.5 Å². The molecule has 2 N–H and O–H groups in total. The molecule has 0 saturated carbocycles. The zero-order valence-corrected chi connectivity index (χ0v) is 24.8. The summed E-state index contributed by atoms with van der Waals surface area (Å²) < 4.78 is 44.3. The summed E-state index contributed by atoms with van der Waals surface area (Å²) in [4.78, 5) is 6.64. The topological polar surface area (TPSA) is 69.3 Å². The highest BCUT2D eigenvalue weighted by molar-refractivity contribution is 6.30. The SMILES string of the molecule is CCC=C(c1ccc(OCc2ccc(F)cc2F)c(OC)c1)N(CCCN=C(N)OC(C)C)Cc1ccc(Cl)cc1. The molecule has 6 nitrogen and oxygen atoms in total. The first-order chi connectivity index (χ1) is 19.7. The van der Waals surface area contributed by atoms with Crippen molar-refractivity contribution >= 4 is 23.3 Å². The molecule has 0 aliphatic heterocycles. The summed E-state index contributed by atoms with van der Waals surface area (Å²) >= 11 is 6.13. The van der Waals surface area contributed by atoms with Crippen molar-refractivity contribution in [2.45, 2.75) is 52.9 Å². The number of amidine groups is 1. The average molecular weight is 586 g/mol. The van der Waals surface area contributed by atoms with E-state index in [1.54, 1.807) is 13.2 Å². The van der Waals surface area contributed by atoms with Crippen LogP contribution >= 0.6 is 11.6 Å². The van der Waals surface area contributed by atoms with E-state index < -0.39 is 11.6 Å². The minimum absolute atomic E-state index is 0.0316. The van der Waals surface area contributed by atoms with E-state index >= 15 is 0 Å². The predicted octanol–water partition coefficient (Wildman–Crippen LogP) is 7.59. The maximum atomic E-state index is 14.1. The molecule has 41 heavy (non-hydrogen) atoms. The molecular weight excluding hydrogens is 548 g/mol. The van der Waals surface area contributed by atoms with Crippen LogP contribution in [0.4, 0.5) is 8.78 Å². The van der Waals surface area contributed by atoms with Gasteiger partial charge in [0, 0.05) is 47.5 Å². The Morgan fingerprint density at radius 2 is 1.80 bits per heavy atom. The Kier molecular flexibility index (Phi) is 12.3. The molecule has 0 aliphatic rings. The van der Waals surface area contributed by atoms with E-state index in [1.165, 1.54) is 12.1 Å². The zero-order valence-electron chi connectivity index (χ0n) is 24.0. The van der Waals surface area contributed by atoms with Crippen LogP contribution in [0.1, 0.15) is 50.3 Å². The minimum atomic E-state index is -0.659. The fraction of sp³-hybridized carbons (Fsp3) is 0.344. The molecule has 0 spiro atoms. The van der Waals surface area contributed by atoms with Gasteiger partial charge < -0.3 is 24.8 Å². The van der Waals surface area contributed by atoms with Gasteiger partial charge in [-0.2, -0.15) is 0 Å². The van der Waals surface area contributed by atoms with Crippen molar-refractivity contribution in [2.75, 3.05) is 20.2 Å². The molecule has 0 saturated heterocycles. The molecule has 3 aromatic carbocycles. The lowest BCUT2D eigenvalue weighted by molar-refractivity contribution is 0.223. The molecule has 0 atom stereocenters. The van der Waals surface area contributed by atoms with E-state index in [2.05, 4.69) is 22.9 Å². The van der Waals surface area contributed by atoms with Crippen LogP contribution in [-0.4, -0.2) is 37.2 Å². The number of rotatable bonds is 14. The third-order valence-electron chi connectivity index (χ3n) is 6.09. The Balaban J connectivity index is 1.84. The molecule has 0 unspecified atom stereocenters. The number of allylic oxidation sites excluding steroid dienone is 1. The fourth-order valence-electron chi connectivity index (χ4n) is 4.19. The number of nitrogens with two attached hydrogens (primary N) is 1. The van der Waals surface area contributed by atoms with E-state index in [9.17, 15) is 8.78 Å². The van der Waals surface area contributed by atoms with Crippen LogP contribution in [0.15, 0.2) is 71.7 Å². The van der Waals surface area contributed by atoms with Crippen LogP contribution in [0.25, 0.3) is 5.70 Å². The highest BCUT2D eigenvalue weighted by Crippen LogP contribution is 2.33. The number of benzene rings is 3. The Morgan fingerprint density at radius 1 is 1.05 bits per heavy atom. The zero-order chi connectivity index (χ0) is 29.8. The first kappa shape index (κ1) is 31.7. The third-order valence-corrected chi connectivity index (χ3v) is 6.34. The van der Waals surface area contributed by atoms with Gasteiger partial charge in [-0.3, -0.25) is 0 Å². The second-order valence-corrected chi connectivity index (χ2v) is 10.1. The largest absolute Gasteiger partial charge is 0.493 e. The molecule has 0 radical (unpaired) electrons. The van der Waals surface area contributed by atoms with Gasteiger partial charge in [-0.1, -0.05) is 36.7 Å². The van der Waals surface area contributed by atoms with Gasteiger partial charge in [0.15, 0.2) is 11.5 Å². The second-order valence-electron chi connectivity index (χ2n) is 9.68. The molecule has 220 valence electrons. The summed E-state index contributed by atoms with van der Waals surface area (Å²) in [6.45, 7) is 7.71. The van der Waals surface area contributed by atoms with Crippen molar-refractivity contribution in [3.05, 3.63) is 100 Å². The Hall–Kier alpha value is -3.78. The Bertz CT molecular complexity index is 1330. The van der Waals surface area contributed by atoms with Crippen LogP contribution < -0.4 is 15.2 Å². The maximum Gasteiger partial charge on any atom is 0.282 e. The summed E-state index contributed by atoms with van der Waals surface area (Å²) in [6, 6.07) is 17.0. The van der Waals surface area contributed by atoms with E-state index in [0.717, 1.165) is 35.7 Å². The van der Waals surface area contributed by atoms with Gasteiger partial charge >= 0.3 is 0 Å². The smallest absolute Gasteiger partial charge is 0.282 e. The standard InChI is InChI=1S/C32H38ClF2N3O3/c1-5-7-29(24-11-15-30(31(18-24)39-4)40-21-25-10-14-27(34)19-28(25)35)38(20-23-8-12-26(33)13-9-23)17-6-16-37-32(36)41-22(2)3/h7-15,18-19,22H,5-6,16-17,20-21H2,1-4H3,(H2,36,37). The number of hydrogen-bond acceptors (Lipinski definition) is 5. The van der Waals surface area contributed by atoms with Gasteiger partial charge in [-0.25, -0.2) is 13.8 Å².